The summed E-state index contributed by atoms with van der Waals surface area (Å²) in [6, 6.07) is -0.0583. The van der Waals surface area contributed by atoms with E-state index in [2.05, 4.69) is 9.97 Å². The van der Waals surface area contributed by atoms with E-state index in [1.807, 2.05) is 6.92 Å². The monoisotopic (exact) mass is 199 g/mol. The van der Waals surface area contributed by atoms with Crippen LogP contribution in [0, 0.1) is 0 Å². The van der Waals surface area contributed by atoms with Crippen molar-refractivity contribution in [1.82, 2.24) is 9.97 Å². The first-order chi connectivity index (χ1) is 6.24. The predicted octanol–water partition coefficient (Wildman–Crippen LogP) is 0.277. The molecule has 0 bridgehead atoms. The average Bonchev–Trinajstić information content (AvgIpc) is 2.15. The van der Waals surface area contributed by atoms with Gasteiger partial charge in [0.2, 0.25) is 0 Å². The van der Waals surface area contributed by atoms with Gasteiger partial charge in [0, 0.05) is 23.7 Å². The molecule has 2 unspecified atom stereocenters. The fourth-order valence-electron chi connectivity index (χ4n) is 0.812. The number of hydrogen-bond acceptors (Lipinski definition) is 5. The number of aliphatic hydroxyl groups is 1. The predicted molar refractivity (Wildman–Crippen MR) is 52.4 cm³/mol. The lowest BCUT2D eigenvalue weighted by molar-refractivity contribution is 0.285. The molecule has 0 amide bonds. The zero-order valence-electron chi connectivity index (χ0n) is 7.42. The number of rotatable bonds is 4. The summed E-state index contributed by atoms with van der Waals surface area (Å²) in [6.45, 7) is 1.92. The molecule has 5 heteroatoms. The number of nitrogens with zero attached hydrogens (tertiary/aromatic N) is 2. The molecule has 4 nitrogen and oxygen atoms in total. The van der Waals surface area contributed by atoms with Gasteiger partial charge in [-0.1, -0.05) is 11.8 Å². The molecule has 13 heavy (non-hydrogen) atoms. The summed E-state index contributed by atoms with van der Waals surface area (Å²) in [5.74, 6) is 0. The standard InChI is InChI=1S/C8H13N3OS/c1-6(9)7(5-12)13-8-4-10-2-3-11-8/h2-4,6-7,12H,5,9H2,1H3. The minimum absolute atomic E-state index is 0.0169. The van der Waals surface area contributed by atoms with Crippen molar-refractivity contribution in [2.45, 2.75) is 23.2 Å². The van der Waals surface area contributed by atoms with Gasteiger partial charge in [-0.25, -0.2) is 4.98 Å². The second-order valence-electron chi connectivity index (χ2n) is 2.74. The van der Waals surface area contributed by atoms with Crippen LogP contribution >= 0.6 is 11.8 Å². The Kier molecular flexibility index (Phi) is 4.14. The Bertz CT molecular complexity index is 242. The SMILES string of the molecule is CC(N)C(CO)Sc1cnccn1. The highest BCUT2D eigenvalue weighted by Gasteiger charge is 2.14. The van der Waals surface area contributed by atoms with Gasteiger partial charge in [-0.3, -0.25) is 4.98 Å². The Labute approximate surface area is 81.6 Å². The third-order valence-corrected chi connectivity index (χ3v) is 2.91. The minimum atomic E-state index is -0.0583. The van der Waals surface area contributed by atoms with Crippen molar-refractivity contribution in [3.63, 3.8) is 0 Å². The maximum Gasteiger partial charge on any atom is 0.115 e. The molecule has 3 N–H and O–H groups in total. The maximum atomic E-state index is 9.01. The number of aromatic nitrogens is 2. The highest BCUT2D eigenvalue weighted by molar-refractivity contribution is 7.99. The first-order valence-corrected chi connectivity index (χ1v) is 4.91. The largest absolute Gasteiger partial charge is 0.395 e. The molecule has 2 atom stereocenters. The van der Waals surface area contributed by atoms with Crippen molar-refractivity contribution in [2.24, 2.45) is 5.73 Å². The van der Waals surface area contributed by atoms with E-state index in [-0.39, 0.29) is 17.9 Å². The summed E-state index contributed by atoms with van der Waals surface area (Å²) in [7, 11) is 0. The van der Waals surface area contributed by atoms with Gasteiger partial charge in [-0.2, -0.15) is 0 Å². The van der Waals surface area contributed by atoms with Gasteiger partial charge in [-0.05, 0) is 6.92 Å². The zero-order valence-corrected chi connectivity index (χ0v) is 8.24. The molecule has 0 aliphatic carbocycles. The van der Waals surface area contributed by atoms with Crippen LogP contribution in [0.25, 0.3) is 0 Å². The van der Waals surface area contributed by atoms with Crippen LogP contribution in [-0.4, -0.2) is 33.0 Å². The summed E-state index contributed by atoms with van der Waals surface area (Å²) < 4.78 is 0. The van der Waals surface area contributed by atoms with Crippen molar-refractivity contribution in [1.29, 1.82) is 0 Å². The summed E-state index contributed by atoms with van der Waals surface area (Å²) in [4.78, 5) is 8.01. The molecule has 0 aliphatic rings. The average molecular weight is 199 g/mol. The van der Waals surface area contributed by atoms with Gasteiger partial charge >= 0.3 is 0 Å². The third kappa shape index (κ3) is 3.30. The lowest BCUT2D eigenvalue weighted by Gasteiger charge is -2.16. The van der Waals surface area contributed by atoms with Crippen molar-refractivity contribution < 1.29 is 5.11 Å². The smallest absolute Gasteiger partial charge is 0.115 e. The normalized spacial score (nSPS) is 15.3. The molecule has 0 aromatic carbocycles. The second-order valence-corrected chi connectivity index (χ2v) is 4.00. The van der Waals surface area contributed by atoms with Crippen LogP contribution < -0.4 is 5.73 Å². The first-order valence-electron chi connectivity index (χ1n) is 4.03. The molecule has 1 aromatic rings. The topological polar surface area (TPSA) is 72.0 Å². The van der Waals surface area contributed by atoms with E-state index in [4.69, 9.17) is 10.8 Å². The summed E-state index contributed by atoms with van der Waals surface area (Å²) in [5, 5.41) is 9.78. The second kappa shape index (κ2) is 5.16. The molecular formula is C8H13N3OS. The summed E-state index contributed by atoms with van der Waals surface area (Å²) in [6.07, 6.45) is 4.90. The molecular weight excluding hydrogens is 186 g/mol. The fourth-order valence-corrected chi connectivity index (χ4v) is 1.66. The first kappa shape index (κ1) is 10.4. The van der Waals surface area contributed by atoms with Crippen LogP contribution in [0.1, 0.15) is 6.92 Å². The van der Waals surface area contributed by atoms with Crippen molar-refractivity contribution in [3.8, 4) is 0 Å². The Hall–Kier alpha value is -0.650. The van der Waals surface area contributed by atoms with Crippen LogP contribution in [0.15, 0.2) is 23.6 Å². The van der Waals surface area contributed by atoms with E-state index in [0.717, 1.165) is 5.03 Å². The van der Waals surface area contributed by atoms with Crippen LogP contribution in [0.3, 0.4) is 0 Å². The molecule has 1 heterocycles. The van der Waals surface area contributed by atoms with Crippen LogP contribution in [0.5, 0.6) is 0 Å². The third-order valence-electron chi connectivity index (χ3n) is 1.58. The van der Waals surface area contributed by atoms with Gasteiger partial charge in [0.05, 0.1) is 12.8 Å². The van der Waals surface area contributed by atoms with Crippen LogP contribution in [0.4, 0.5) is 0 Å². The lowest BCUT2D eigenvalue weighted by atomic mass is 10.3. The zero-order chi connectivity index (χ0) is 9.68. The van der Waals surface area contributed by atoms with Gasteiger partial charge in [-0.15, -0.1) is 0 Å². The van der Waals surface area contributed by atoms with Gasteiger partial charge < -0.3 is 10.8 Å². The van der Waals surface area contributed by atoms with Crippen LogP contribution in [-0.2, 0) is 0 Å². The number of thioether (sulfide) groups is 1. The van der Waals surface area contributed by atoms with E-state index < -0.39 is 0 Å². The van der Waals surface area contributed by atoms with E-state index >= 15 is 0 Å². The quantitative estimate of drug-likeness (QED) is 0.681. The van der Waals surface area contributed by atoms with Gasteiger partial charge in [0.25, 0.3) is 0 Å². The molecule has 0 saturated carbocycles. The molecule has 0 fully saturated rings. The van der Waals surface area contributed by atoms with Crippen molar-refractivity contribution in [2.75, 3.05) is 6.61 Å². The Morgan fingerprint density at radius 3 is 2.85 bits per heavy atom. The fraction of sp³-hybridized carbons (Fsp3) is 0.500. The molecule has 72 valence electrons. The maximum absolute atomic E-state index is 9.01. The molecule has 0 spiro atoms. The summed E-state index contributed by atoms with van der Waals surface area (Å²) >= 11 is 1.45. The molecule has 0 aliphatic heterocycles. The van der Waals surface area contributed by atoms with Crippen LogP contribution in [0.2, 0.25) is 0 Å². The van der Waals surface area contributed by atoms with E-state index in [1.165, 1.54) is 11.8 Å². The molecule has 1 rings (SSSR count). The van der Waals surface area contributed by atoms with E-state index in [1.54, 1.807) is 18.6 Å². The lowest BCUT2D eigenvalue weighted by Crippen LogP contribution is -2.31. The van der Waals surface area contributed by atoms with Gasteiger partial charge in [0.15, 0.2) is 0 Å². The van der Waals surface area contributed by atoms with Gasteiger partial charge in [0.1, 0.15) is 5.03 Å². The van der Waals surface area contributed by atoms with Crippen molar-refractivity contribution >= 4 is 11.8 Å². The molecule has 1 aromatic heterocycles. The van der Waals surface area contributed by atoms with E-state index in [0.29, 0.717) is 0 Å². The number of hydrogen-bond donors (Lipinski definition) is 2. The highest BCUT2D eigenvalue weighted by atomic mass is 32.2. The Balaban J connectivity index is 2.57. The Morgan fingerprint density at radius 1 is 1.62 bits per heavy atom. The number of aliphatic hydroxyl groups excluding tert-OH is 1. The summed E-state index contributed by atoms with van der Waals surface area (Å²) in [5.41, 5.74) is 5.67. The molecule has 0 saturated heterocycles. The van der Waals surface area contributed by atoms with E-state index in [9.17, 15) is 0 Å². The number of nitrogens with two attached hydrogens (primary N) is 1. The Morgan fingerprint density at radius 2 is 2.38 bits per heavy atom. The molecule has 0 radical (unpaired) electrons. The van der Waals surface area contributed by atoms with Crippen molar-refractivity contribution in [3.05, 3.63) is 18.6 Å². The minimum Gasteiger partial charge on any atom is -0.395 e. The highest BCUT2D eigenvalue weighted by Crippen LogP contribution is 2.21.